The molecule has 1 aromatic carbocycles. The lowest BCUT2D eigenvalue weighted by Gasteiger charge is -2.44. The van der Waals surface area contributed by atoms with Crippen LogP contribution in [0.3, 0.4) is 0 Å². The van der Waals surface area contributed by atoms with Gasteiger partial charge in [0.2, 0.25) is 15.9 Å². The fraction of sp³-hybridized carbons (Fsp3) is 0.464. The van der Waals surface area contributed by atoms with Crippen molar-refractivity contribution in [1.29, 1.82) is 0 Å². The summed E-state index contributed by atoms with van der Waals surface area (Å²) in [6, 6.07) is 10.6. The molecule has 2 aromatic rings. The quantitative estimate of drug-likeness (QED) is 0.553. The summed E-state index contributed by atoms with van der Waals surface area (Å²) in [5.74, 6) is 2.15. The number of hydrogen-bond acceptors (Lipinski definition) is 4. The summed E-state index contributed by atoms with van der Waals surface area (Å²) in [6.07, 6.45) is 11.6. The van der Waals surface area contributed by atoms with E-state index in [4.69, 9.17) is 4.42 Å². The van der Waals surface area contributed by atoms with E-state index in [1.165, 1.54) is 5.56 Å². The van der Waals surface area contributed by atoms with Crippen LogP contribution in [0.25, 0.3) is 0 Å². The van der Waals surface area contributed by atoms with Crippen LogP contribution in [0.15, 0.2) is 70.5 Å². The van der Waals surface area contributed by atoms with E-state index in [0.29, 0.717) is 24.4 Å². The Morgan fingerprint density at radius 2 is 2.06 bits per heavy atom. The standard InChI is InChI=1S/C28H32N2O4S/c1-2-3-11-21-17-23-24-15-16-29(35(32,33)22-12-7-5-8-13-22)19-28(24)18-20-10-6-4-9-14-25(31)30(20)27(28)26(23)34-21/h2,5-8,10,12-13,17,20,24,27H,1,3-4,9,11,14-16,18-19H2/b10-6-/t20-,24-,27-,28-/m0/s1. The molecule has 3 aliphatic heterocycles. The molecule has 35 heavy (non-hydrogen) atoms. The van der Waals surface area contributed by atoms with Gasteiger partial charge in [0.1, 0.15) is 11.5 Å². The molecule has 1 spiro atoms. The van der Waals surface area contributed by atoms with Crippen LogP contribution in [0.4, 0.5) is 0 Å². The van der Waals surface area contributed by atoms with Gasteiger partial charge in [0.05, 0.1) is 17.0 Å². The second-order valence-corrected chi connectivity index (χ2v) is 12.3. The van der Waals surface area contributed by atoms with Gasteiger partial charge in [0, 0.05) is 31.3 Å². The summed E-state index contributed by atoms with van der Waals surface area (Å²) >= 11 is 0. The molecule has 4 atom stereocenters. The number of hydrogen-bond donors (Lipinski definition) is 0. The SMILES string of the molecule is C=CCCc1cc2c(o1)[C@@H]1N3C(=O)CCC/C=C\[C@H]3C[C@@]13CN(S(=O)(=O)c1ccccc1)CC[C@@H]23. The molecule has 1 aromatic heterocycles. The van der Waals surface area contributed by atoms with Crippen LogP contribution in [0, 0.1) is 5.41 Å². The van der Waals surface area contributed by atoms with Gasteiger partial charge in [-0.3, -0.25) is 4.79 Å². The molecule has 6 nitrogen and oxygen atoms in total. The number of aryl methyl sites for hydroxylation is 1. The van der Waals surface area contributed by atoms with E-state index in [1.54, 1.807) is 28.6 Å². The highest BCUT2D eigenvalue weighted by molar-refractivity contribution is 7.89. The van der Waals surface area contributed by atoms with Gasteiger partial charge in [0.15, 0.2) is 0 Å². The maximum absolute atomic E-state index is 13.6. The first-order chi connectivity index (χ1) is 17.0. The van der Waals surface area contributed by atoms with Gasteiger partial charge >= 0.3 is 0 Å². The van der Waals surface area contributed by atoms with E-state index in [0.717, 1.165) is 50.0 Å². The lowest BCUT2D eigenvalue weighted by atomic mass is 9.69. The molecule has 7 heteroatoms. The van der Waals surface area contributed by atoms with Gasteiger partial charge in [-0.1, -0.05) is 36.4 Å². The predicted molar refractivity (Wildman–Crippen MR) is 133 cm³/mol. The summed E-state index contributed by atoms with van der Waals surface area (Å²) in [6.45, 7) is 4.70. The number of allylic oxidation sites excluding steroid dienone is 2. The maximum atomic E-state index is 13.6. The van der Waals surface area contributed by atoms with E-state index >= 15 is 0 Å². The number of sulfonamides is 1. The number of fused-ring (bicyclic) bond motifs is 5. The Kier molecular flexibility index (Phi) is 5.53. The second-order valence-electron chi connectivity index (χ2n) is 10.4. The summed E-state index contributed by atoms with van der Waals surface area (Å²) in [7, 11) is -3.63. The Labute approximate surface area is 207 Å². The average molecular weight is 493 g/mol. The Hall–Kier alpha value is -2.64. The minimum Gasteiger partial charge on any atom is -0.464 e. The lowest BCUT2D eigenvalue weighted by Crippen LogP contribution is -2.50. The molecule has 6 rings (SSSR count). The molecule has 1 amide bonds. The number of benzene rings is 1. The third kappa shape index (κ3) is 3.46. The molecule has 0 radical (unpaired) electrons. The Bertz CT molecular complexity index is 1280. The van der Waals surface area contributed by atoms with E-state index in [9.17, 15) is 13.2 Å². The summed E-state index contributed by atoms with van der Waals surface area (Å²) in [5.41, 5.74) is 0.809. The zero-order valence-corrected chi connectivity index (χ0v) is 20.8. The highest BCUT2D eigenvalue weighted by Crippen LogP contribution is 2.67. The van der Waals surface area contributed by atoms with Gasteiger partial charge in [-0.25, -0.2) is 8.42 Å². The lowest BCUT2D eigenvalue weighted by molar-refractivity contribution is -0.135. The largest absolute Gasteiger partial charge is 0.464 e. The number of carbonyl (C=O) groups is 1. The van der Waals surface area contributed by atoms with Crippen molar-refractivity contribution in [1.82, 2.24) is 9.21 Å². The van der Waals surface area contributed by atoms with Crippen molar-refractivity contribution >= 4 is 15.9 Å². The van der Waals surface area contributed by atoms with Crippen LogP contribution >= 0.6 is 0 Å². The Balaban J connectivity index is 1.44. The molecule has 0 N–H and O–H groups in total. The van der Waals surface area contributed by atoms with Crippen molar-refractivity contribution in [3.63, 3.8) is 0 Å². The molecule has 2 saturated heterocycles. The van der Waals surface area contributed by atoms with E-state index in [-0.39, 0.29) is 29.3 Å². The minimum atomic E-state index is -3.63. The van der Waals surface area contributed by atoms with E-state index in [2.05, 4.69) is 24.8 Å². The number of amides is 1. The molecule has 1 aliphatic carbocycles. The van der Waals surface area contributed by atoms with Crippen LogP contribution in [0.5, 0.6) is 0 Å². The van der Waals surface area contributed by atoms with Crippen molar-refractivity contribution < 1.29 is 17.6 Å². The van der Waals surface area contributed by atoms with Crippen LogP contribution < -0.4 is 0 Å². The number of nitrogens with zero attached hydrogens (tertiary/aromatic N) is 2. The van der Waals surface area contributed by atoms with Gasteiger partial charge < -0.3 is 9.32 Å². The normalized spacial score (nSPS) is 31.1. The first kappa shape index (κ1) is 22.8. The van der Waals surface area contributed by atoms with Crippen molar-refractivity contribution in [3.05, 3.63) is 78.3 Å². The maximum Gasteiger partial charge on any atom is 0.243 e. The zero-order valence-electron chi connectivity index (χ0n) is 19.9. The molecular weight excluding hydrogens is 460 g/mol. The zero-order chi connectivity index (χ0) is 24.2. The van der Waals surface area contributed by atoms with E-state index < -0.39 is 10.0 Å². The molecule has 0 saturated carbocycles. The topological polar surface area (TPSA) is 70.8 Å². The highest BCUT2D eigenvalue weighted by atomic mass is 32.2. The molecule has 0 unspecified atom stereocenters. The molecule has 0 bridgehead atoms. The van der Waals surface area contributed by atoms with Crippen molar-refractivity contribution in [3.8, 4) is 0 Å². The summed E-state index contributed by atoms with van der Waals surface area (Å²) < 4.78 is 35.4. The van der Waals surface area contributed by atoms with Crippen LogP contribution in [-0.2, 0) is 21.2 Å². The smallest absolute Gasteiger partial charge is 0.243 e. The first-order valence-corrected chi connectivity index (χ1v) is 14.2. The molecule has 2 fully saturated rings. The Morgan fingerprint density at radius 1 is 1.23 bits per heavy atom. The van der Waals surface area contributed by atoms with Crippen LogP contribution in [-0.4, -0.2) is 42.7 Å². The third-order valence-electron chi connectivity index (χ3n) is 8.45. The van der Waals surface area contributed by atoms with E-state index in [1.807, 2.05) is 17.0 Å². The van der Waals surface area contributed by atoms with Gasteiger partial charge in [-0.2, -0.15) is 4.31 Å². The van der Waals surface area contributed by atoms with Gasteiger partial charge in [-0.15, -0.1) is 6.58 Å². The average Bonchev–Trinajstić information content (AvgIpc) is 3.46. The number of piperidine rings is 1. The summed E-state index contributed by atoms with van der Waals surface area (Å²) in [5, 5.41) is 0. The molecule has 4 heterocycles. The molecule has 184 valence electrons. The second kappa shape index (κ2) is 8.49. The Morgan fingerprint density at radius 3 is 2.86 bits per heavy atom. The third-order valence-corrected chi connectivity index (χ3v) is 10.3. The minimum absolute atomic E-state index is 0.0236. The predicted octanol–water partition coefficient (Wildman–Crippen LogP) is 4.96. The fourth-order valence-electron chi connectivity index (χ4n) is 7.00. The fourth-order valence-corrected chi connectivity index (χ4v) is 8.56. The van der Waals surface area contributed by atoms with Gasteiger partial charge in [-0.05, 0) is 61.8 Å². The monoisotopic (exact) mass is 492 g/mol. The number of rotatable bonds is 5. The number of furan rings is 1. The van der Waals surface area contributed by atoms with Gasteiger partial charge in [0.25, 0.3) is 0 Å². The number of carbonyl (C=O) groups excluding carboxylic acids is 1. The van der Waals surface area contributed by atoms with Crippen molar-refractivity contribution in [2.45, 2.75) is 67.8 Å². The van der Waals surface area contributed by atoms with Crippen LogP contribution in [0.2, 0.25) is 0 Å². The molecule has 4 aliphatic rings. The van der Waals surface area contributed by atoms with Crippen LogP contribution in [0.1, 0.15) is 67.6 Å². The first-order valence-electron chi connectivity index (χ1n) is 12.7. The molecular formula is C28H32N2O4S. The van der Waals surface area contributed by atoms with Crippen molar-refractivity contribution in [2.24, 2.45) is 5.41 Å². The summed E-state index contributed by atoms with van der Waals surface area (Å²) in [4.78, 5) is 15.8. The van der Waals surface area contributed by atoms with Crippen molar-refractivity contribution in [2.75, 3.05) is 13.1 Å². The highest BCUT2D eigenvalue weighted by Gasteiger charge is 2.66.